The Morgan fingerprint density at radius 1 is 1.53 bits per heavy atom. The highest BCUT2D eigenvalue weighted by Gasteiger charge is 2.08. The first-order chi connectivity index (χ1) is 6.99. The maximum atomic E-state index is 11.9. The number of carboxylic acid groups (broad SMARTS) is 1. The molecule has 1 rings (SSSR count). The van der Waals surface area contributed by atoms with Crippen LogP contribution in [-0.4, -0.2) is 17.8 Å². The molecule has 1 amide bonds. The first kappa shape index (κ1) is 11.2. The molecule has 0 fully saturated rings. The molecule has 0 aliphatic heterocycles. The van der Waals surface area contributed by atoms with Gasteiger partial charge in [-0.05, 0) is 18.6 Å². The van der Waals surface area contributed by atoms with Crippen LogP contribution in [0.15, 0.2) is 18.2 Å². The van der Waals surface area contributed by atoms with Gasteiger partial charge in [0.05, 0.1) is 0 Å². The van der Waals surface area contributed by atoms with Gasteiger partial charge in [-0.2, -0.15) is 8.78 Å². The van der Waals surface area contributed by atoms with Crippen LogP contribution in [0.2, 0.25) is 0 Å². The summed E-state index contributed by atoms with van der Waals surface area (Å²) < 4.78 is 28.1. The minimum absolute atomic E-state index is 0.0451. The van der Waals surface area contributed by atoms with Gasteiger partial charge >= 0.3 is 12.7 Å². The van der Waals surface area contributed by atoms with E-state index in [0.29, 0.717) is 5.56 Å². The molecule has 0 aliphatic carbocycles. The highest BCUT2D eigenvalue weighted by Crippen LogP contribution is 2.24. The van der Waals surface area contributed by atoms with Crippen molar-refractivity contribution in [1.29, 1.82) is 0 Å². The Labute approximate surface area is 84.5 Å². The quantitative estimate of drug-likeness (QED) is 0.818. The fraction of sp³-hybridized carbons (Fsp3) is 0.222. The number of benzene rings is 1. The molecule has 0 radical (unpaired) electrons. The van der Waals surface area contributed by atoms with Crippen LogP contribution in [0.25, 0.3) is 0 Å². The van der Waals surface area contributed by atoms with Gasteiger partial charge in [0.1, 0.15) is 5.75 Å². The molecular weight excluding hydrogens is 208 g/mol. The highest BCUT2D eigenvalue weighted by atomic mass is 19.3. The lowest BCUT2D eigenvalue weighted by atomic mass is 10.2. The Kier molecular flexibility index (Phi) is 3.43. The first-order valence-corrected chi connectivity index (χ1v) is 4.04. The summed E-state index contributed by atoms with van der Waals surface area (Å²) in [6.45, 7) is -1.34. The van der Waals surface area contributed by atoms with E-state index >= 15 is 0 Å². The van der Waals surface area contributed by atoms with Crippen molar-refractivity contribution in [3.63, 3.8) is 0 Å². The molecule has 0 spiro atoms. The second kappa shape index (κ2) is 4.59. The van der Waals surface area contributed by atoms with Gasteiger partial charge in [-0.1, -0.05) is 6.07 Å². The second-order valence-corrected chi connectivity index (χ2v) is 2.79. The molecule has 0 atom stereocenters. The largest absolute Gasteiger partial charge is 0.465 e. The molecule has 0 bridgehead atoms. The number of anilines is 1. The van der Waals surface area contributed by atoms with Crippen LogP contribution in [-0.2, 0) is 0 Å². The standard InChI is InChI=1S/C9H9F2NO3/c1-5-2-3-6(12-9(13)14)4-7(5)15-8(10)11/h2-4,8,12H,1H3,(H,13,14). The molecular formula is C9H9F2NO3. The molecule has 0 unspecified atom stereocenters. The van der Waals surface area contributed by atoms with E-state index in [2.05, 4.69) is 4.74 Å². The van der Waals surface area contributed by atoms with Crippen molar-refractivity contribution >= 4 is 11.8 Å². The van der Waals surface area contributed by atoms with Crippen molar-refractivity contribution in [3.05, 3.63) is 23.8 Å². The van der Waals surface area contributed by atoms with Gasteiger partial charge in [0.15, 0.2) is 0 Å². The summed E-state index contributed by atoms with van der Waals surface area (Å²) in [5.74, 6) is -0.0451. The predicted octanol–water partition coefficient (Wildman–Crippen LogP) is 2.69. The average molecular weight is 217 g/mol. The number of ether oxygens (including phenoxy) is 1. The Hall–Kier alpha value is -1.85. The second-order valence-electron chi connectivity index (χ2n) is 2.79. The monoisotopic (exact) mass is 217 g/mol. The van der Waals surface area contributed by atoms with Gasteiger partial charge in [-0.3, -0.25) is 5.32 Å². The average Bonchev–Trinajstić information content (AvgIpc) is 2.09. The van der Waals surface area contributed by atoms with Crippen molar-refractivity contribution in [2.75, 3.05) is 5.32 Å². The lowest BCUT2D eigenvalue weighted by Gasteiger charge is -2.09. The summed E-state index contributed by atoms with van der Waals surface area (Å²) in [5.41, 5.74) is 0.690. The summed E-state index contributed by atoms with van der Waals surface area (Å²) in [6.07, 6.45) is -1.26. The van der Waals surface area contributed by atoms with Crippen LogP contribution >= 0.6 is 0 Å². The number of carbonyl (C=O) groups is 1. The topological polar surface area (TPSA) is 58.6 Å². The highest BCUT2D eigenvalue weighted by molar-refractivity contribution is 5.83. The molecule has 1 aromatic rings. The first-order valence-electron chi connectivity index (χ1n) is 4.04. The number of aryl methyl sites for hydroxylation is 1. The van der Waals surface area contributed by atoms with E-state index in [9.17, 15) is 13.6 Å². The molecule has 0 aliphatic rings. The number of alkyl halides is 2. The number of rotatable bonds is 3. The van der Waals surface area contributed by atoms with Crippen molar-refractivity contribution < 1.29 is 23.4 Å². The van der Waals surface area contributed by atoms with Gasteiger partial charge in [0.2, 0.25) is 0 Å². The summed E-state index contributed by atoms with van der Waals surface area (Å²) in [7, 11) is 0. The number of hydrogen-bond acceptors (Lipinski definition) is 2. The van der Waals surface area contributed by atoms with E-state index in [4.69, 9.17) is 5.11 Å². The molecule has 0 saturated heterocycles. The van der Waals surface area contributed by atoms with E-state index in [-0.39, 0.29) is 11.4 Å². The van der Waals surface area contributed by atoms with E-state index in [1.54, 1.807) is 6.92 Å². The van der Waals surface area contributed by atoms with Crippen LogP contribution in [0.4, 0.5) is 19.3 Å². The van der Waals surface area contributed by atoms with E-state index in [1.165, 1.54) is 18.2 Å². The van der Waals surface area contributed by atoms with Crippen LogP contribution in [0.3, 0.4) is 0 Å². The summed E-state index contributed by atoms with van der Waals surface area (Å²) in [6, 6.07) is 4.15. The summed E-state index contributed by atoms with van der Waals surface area (Å²) >= 11 is 0. The number of halogens is 2. The van der Waals surface area contributed by atoms with Crippen molar-refractivity contribution in [2.45, 2.75) is 13.5 Å². The minimum atomic E-state index is -2.93. The molecule has 1 aromatic carbocycles. The molecule has 2 N–H and O–H groups in total. The molecule has 0 saturated carbocycles. The SMILES string of the molecule is Cc1ccc(NC(=O)O)cc1OC(F)F. The number of hydrogen-bond donors (Lipinski definition) is 2. The fourth-order valence-corrected chi connectivity index (χ4v) is 1.02. The smallest absolute Gasteiger partial charge is 0.409 e. The lowest BCUT2D eigenvalue weighted by molar-refractivity contribution is -0.0502. The van der Waals surface area contributed by atoms with E-state index < -0.39 is 12.7 Å². The lowest BCUT2D eigenvalue weighted by Crippen LogP contribution is -2.08. The van der Waals surface area contributed by atoms with E-state index in [0.717, 1.165) is 0 Å². The molecule has 0 heterocycles. The normalized spacial score (nSPS) is 10.1. The predicted molar refractivity (Wildman–Crippen MR) is 49.5 cm³/mol. The van der Waals surface area contributed by atoms with Crippen LogP contribution in [0.5, 0.6) is 5.75 Å². The number of amides is 1. The van der Waals surface area contributed by atoms with Crippen LogP contribution in [0.1, 0.15) is 5.56 Å². The van der Waals surface area contributed by atoms with Gasteiger partial charge < -0.3 is 9.84 Å². The number of nitrogens with one attached hydrogen (secondary N) is 1. The zero-order chi connectivity index (χ0) is 11.4. The Balaban J connectivity index is 2.89. The zero-order valence-corrected chi connectivity index (χ0v) is 7.83. The third-order valence-electron chi connectivity index (χ3n) is 1.66. The fourth-order valence-electron chi connectivity index (χ4n) is 1.02. The molecule has 0 aromatic heterocycles. The Morgan fingerprint density at radius 3 is 2.73 bits per heavy atom. The maximum absolute atomic E-state index is 11.9. The van der Waals surface area contributed by atoms with Crippen LogP contribution < -0.4 is 10.1 Å². The summed E-state index contributed by atoms with van der Waals surface area (Å²) in [5, 5.41) is 10.4. The molecule has 82 valence electrons. The molecule has 6 heteroatoms. The zero-order valence-electron chi connectivity index (χ0n) is 7.83. The third-order valence-corrected chi connectivity index (χ3v) is 1.66. The summed E-state index contributed by atoms with van der Waals surface area (Å²) in [4.78, 5) is 10.3. The van der Waals surface area contributed by atoms with Gasteiger partial charge in [-0.25, -0.2) is 4.79 Å². The third kappa shape index (κ3) is 3.41. The van der Waals surface area contributed by atoms with Crippen molar-refractivity contribution in [3.8, 4) is 5.75 Å². The van der Waals surface area contributed by atoms with Gasteiger partial charge in [0.25, 0.3) is 0 Å². The van der Waals surface area contributed by atoms with Crippen molar-refractivity contribution in [2.24, 2.45) is 0 Å². The van der Waals surface area contributed by atoms with Crippen LogP contribution in [0, 0.1) is 6.92 Å². The molecule has 4 nitrogen and oxygen atoms in total. The van der Waals surface area contributed by atoms with E-state index in [1.807, 2.05) is 5.32 Å². The van der Waals surface area contributed by atoms with Crippen molar-refractivity contribution in [1.82, 2.24) is 0 Å². The Morgan fingerprint density at radius 2 is 2.20 bits per heavy atom. The minimum Gasteiger partial charge on any atom is -0.465 e. The van der Waals surface area contributed by atoms with Gasteiger partial charge in [0, 0.05) is 11.8 Å². The van der Waals surface area contributed by atoms with Gasteiger partial charge in [-0.15, -0.1) is 0 Å². The molecule has 15 heavy (non-hydrogen) atoms. The maximum Gasteiger partial charge on any atom is 0.409 e. The Bertz CT molecular complexity index is 368.